The molecule has 0 spiro atoms. The number of para-hydroxylation sites is 1. The van der Waals surface area contributed by atoms with Crippen LogP contribution in [-0.2, 0) is 0 Å². The predicted octanol–water partition coefficient (Wildman–Crippen LogP) is 1.55. The molecule has 1 aromatic heterocycles. The summed E-state index contributed by atoms with van der Waals surface area (Å²) >= 11 is 0. The average Bonchev–Trinajstić information content (AvgIpc) is 2.38. The van der Waals surface area contributed by atoms with E-state index in [4.69, 9.17) is 0 Å². The maximum atomic E-state index is 11.8. The highest BCUT2D eigenvalue weighted by atomic mass is 16.3. The van der Waals surface area contributed by atoms with Crippen LogP contribution in [0, 0.1) is 4.91 Å². The monoisotopic (exact) mass is 246 g/mol. The SMILES string of the molecule is CCNCC[N+](=O)c1cc2ccccc2[nH]c1=O. The summed E-state index contributed by atoms with van der Waals surface area (Å²) in [6.07, 6.45) is 0. The highest BCUT2D eigenvalue weighted by Gasteiger charge is 2.18. The van der Waals surface area contributed by atoms with E-state index < -0.39 is 0 Å². The number of pyridine rings is 1. The third-order valence-corrected chi connectivity index (χ3v) is 2.74. The number of aromatic amines is 1. The normalized spacial score (nSPS) is 10.7. The Kier molecular flexibility index (Phi) is 3.84. The smallest absolute Gasteiger partial charge is 0.316 e. The molecular formula is C13H16N3O2+. The molecule has 5 heteroatoms. The van der Waals surface area contributed by atoms with Crippen LogP contribution in [0.25, 0.3) is 10.9 Å². The van der Waals surface area contributed by atoms with Gasteiger partial charge in [0.15, 0.2) is 0 Å². The maximum absolute atomic E-state index is 11.8. The van der Waals surface area contributed by atoms with Gasteiger partial charge in [-0.15, -0.1) is 0 Å². The summed E-state index contributed by atoms with van der Waals surface area (Å²) < 4.78 is 0.730. The Balaban J connectivity index is 2.30. The molecular weight excluding hydrogens is 230 g/mol. The Morgan fingerprint density at radius 3 is 2.89 bits per heavy atom. The van der Waals surface area contributed by atoms with Crippen molar-refractivity contribution in [1.29, 1.82) is 0 Å². The summed E-state index contributed by atoms with van der Waals surface area (Å²) in [4.78, 5) is 26.3. The van der Waals surface area contributed by atoms with Gasteiger partial charge in [0.05, 0.1) is 6.54 Å². The second-order valence-electron chi connectivity index (χ2n) is 4.03. The molecule has 18 heavy (non-hydrogen) atoms. The van der Waals surface area contributed by atoms with Gasteiger partial charge in [0.1, 0.15) is 0 Å². The van der Waals surface area contributed by atoms with E-state index in [1.807, 2.05) is 31.2 Å². The Bertz CT molecular complexity index is 619. The molecule has 1 aromatic carbocycles. The molecule has 94 valence electrons. The lowest BCUT2D eigenvalue weighted by atomic mass is 10.2. The number of benzene rings is 1. The van der Waals surface area contributed by atoms with Gasteiger partial charge in [-0.3, -0.25) is 4.79 Å². The highest BCUT2D eigenvalue weighted by Crippen LogP contribution is 2.14. The molecule has 0 saturated heterocycles. The van der Waals surface area contributed by atoms with Gasteiger partial charge < -0.3 is 10.3 Å². The number of H-pyrrole nitrogens is 1. The molecule has 0 saturated carbocycles. The Hall–Kier alpha value is -2.01. The van der Waals surface area contributed by atoms with Crippen LogP contribution >= 0.6 is 0 Å². The van der Waals surface area contributed by atoms with Crippen molar-refractivity contribution in [3.05, 3.63) is 45.6 Å². The second-order valence-corrected chi connectivity index (χ2v) is 4.03. The van der Waals surface area contributed by atoms with E-state index in [2.05, 4.69) is 10.3 Å². The Morgan fingerprint density at radius 2 is 2.11 bits per heavy atom. The van der Waals surface area contributed by atoms with Gasteiger partial charge in [0.25, 0.3) is 0 Å². The van der Waals surface area contributed by atoms with Crippen LogP contribution in [0.3, 0.4) is 0 Å². The van der Waals surface area contributed by atoms with Gasteiger partial charge in [-0.25, -0.2) is 0 Å². The fourth-order valence-corrected chi connectivity index (χ4v) is 1.80. The third kappa shape index (κ3) is 2.62. The number of nitrogens with one attached hydrogen (secondary N) is 2. The van der Waals surface area contributed by atoms with Crippen LogP contribution < -0.4 is 10.9 Å². The highest BCUT2D eigenvalue weighted by molar-refractivity contribution is 5.80. The summed E-state index contributed by atoms with van der Waals surface area (Å²) in [6, 6.07) is 9.03. The minimum Gasteiger partial charge on any atom is -0.316 e. The molecule has 0 aliphatic heterocycles. The van der Waals surface area contributed by atoms with Crippen molar-refractivity contribution in [1.82, 2.24) is 10.3 Å². The van der Waals surface area contributed by atoms with Crippen LogP contribution in [0.1, 0.15) is 6.92 Å². The molecule has 0 unspecified atom stereocenters. The van der Waals surface area contributed by atoms with E-state index in [0.29, 0.717) is 6.54 Å². The standard InChI is InChI=1S/C13H15N3O2/c1-2-14-7-8-16(18)12-9-10-5-3-4-6-11(10)15-13(12)17/h3-6,9,14H,2,7-8H2,1H3/p+1. The van der Waals surface area contributed by atoms with Crippen LogP contribution in [0.15, 0.2) is 35.1 Å². The largest absolute Gasteiger partial charge is 0.324 e. The van der Waals surface area contributed by atoms with Crippen molar-refractivity contribution >= 4 is 16.6 Å². The molecule has 0 aliphatic rings. The molecule has 1 heterocycles. The molecule has 0 bridgehead atoms. The molecule has 2 N–H and O–H groups in total. The minimum atomic E-state index is -0.347. The number of likely N-dealkylation sites (N-methyl/N-ethyl adjacent to an activating group) is 1. The zero-order valence-electron chi connectivity index (χ0n) is 10.3. The quantitative estimate of drug-likeness (QED) is 0.621. The van der Waals surface area contributed by atoms with Crippen LogP contribution in [0.4, 0.5) is 5.69 Å². The zero-order chi connectivity index (χ0) is 13.0. The number of nitroso groups, excluding NO2 is 1. The molecule has 5 nitrogen and oxygen atoms in total. The second kappa shape index (κ2) is 5.55. The summed E-state index contributed by atoms with van der Waals surface area (Å²) in [5.41, 5.74) is 0.554. The van der Waals surface area contributed by atoms with Crippen molar-refractivity contribution in [2.75, 3.05) is 19.6 Å². The molecule has 0 aliphatic carbocycles. The topological polar surface area (TPSA) is 65.0 Å². The van der Waals surface area contributed by atoms with Crippen molar-refractivity contribution in [3.8, 4) is 0 Å². The number of rotatable bonds is 5. The lowest BCUT2D eigenvalue weighted by Gasteiger charge is -1.98. The first-order valence-corrected chi connectivity index (χ1v) is 6.00. The maximum Gasteiger partial charge on any atom is 0.324 e. The first-order chi connectivity index (χ1) is 8.72. The summed E-state index contributed by atoms with van der Waals surface area (Å²) in [5, 5.41) is 3.91. The van der Waals surface area contributed by atoms with Gasteiger partial charge in [0, 0.05) is 26.6 Å². The number of hydrogen-bond acceptors (Lipinski definition) is 3. The Morgan fingerprint density at radius 1 is 1.33 bits per heavy atom. The third-order valence-electron chi connectivity index (χ3n) is 2.74. The van der Waals surface area contributed by atoms with Crippen LogP contribution in [0.5, 0.6) is 0 Å². The van der Waals surface area contributed by atoms with Crippen molar-refractivity contribution < 1.29 is 4.76 Å². The first-order valence-electron chi connectivity index (χ1n) is 6.00. The lowest BCUT2D eigenvalue weighted by molar-refractivity contribution is -0.462. The van der Waals surface area contributed by atoms with E-state index in [-0.39, 0.29) is 17.8 Å². The number of aromatic nitrogens is 1. The van der Waals surface area contributed by atoms with E-state index in [1.165, 1.54) is 0 Å². The summed E-state index contributed by atoms with van der Waals surface area (Å²) in [5.74, 6) is 0. The van der Waals surface area contributed by atoms with Gasteiger partial charge in [-0.1, -0.05) is 25.1 Å². The van der Waals surface area contributed by atoms with Crippen molar-refractivity contribution in [2.45, 2.75) is 6.92 Å². The van der Waals surface area contributed by atoms with Gasteiger partial charge >= 0.3 is 11.2 Å². The number of nitrogens with zero attached hydrogens (tertiary/aromatic N) is 1. The van der Waals surface area contributed by atoms with Gasteiger partial charge in [-0.2, -0.15) is 0 Å². The average molecular weight is 246 g/mol. The fourth-order valence-electron chi connectivity index (χ4n) is 1.80. The van der Waals surface area contributed by atoms with E-state index in [1.54, 1.807) is 6.07 Å². The molecule has 0 radical (unpaired) electrons. The lowest BCUT2D eigenvalue weighted by Crippen LogP contribution is -2.24. The summed E-state index contributed by atoms with van der Waals surface area (Å²) in [7, 11) is 0. The molecule has 0 fully saturated rings. The van der Waals surface area contributed by atoms with Crippen LogP contribution in [-0.4, -0.2) is 29.4 Å². The van der Waals surface area contributed by atoms with E-state index >= 15 is 0 Å². The number of fused-ring (bicyclic) bond motifs is 1. The fraction of sp³-hybridized carbons (Fsp3) is 0.308. The van der Waals surface area contributed by atoms with Crippen LogP contribution in [0.2, 0.25) is 0 Å². The number of hydrogen-bond donors (Lipinski definition) is 2. The predicted molar refractivity (Wildman–Crippen MR) is 71.3 cm³/mol. The molecule has 0 atom stereocenters. The van der Waals surface area contributed by atoms with E-state index in [0.717, 1.165) is 22.2 Å². The molecule has 0 amide bonds. The van der Waals surface area contributed by atoms with Crippen molar-refractivity contribution in [3.63, 3.8) is 0 Å². The van der Waals surface area contributed by atoms with Gasteiger partial charge in [0.2, 0.25) is 6.54 Å². The van der Waals surface area contributed by atoms with Gasteiger partial charge in [-0.05, 0) is 12.6 Å². The van der Waals surface area contributed by atoms with E-state index in [9.17, 15) is 9.70 Å². The molecule has 2 rings (SSSR count). The minimum absolute atomic E-state index is 0.159. The summed E-state index contributed by atoms with van der Waals surface area (Å²) in [6.45, 7) is 3.60. The zero-order valence-corrected chi connectivity index (χ0v) is 10.3. The molecule has 2 aromatic rings. The first kappa shape index (κ1) is 12.4. The van der Waals surface area contributed by atoms with Crippen molar-refractivity contribution in [2.24, 2.45) is 0 Å². The Labute approximate surface area is 104 Å².